The summed E-state index contributed by atoms with van der Waals surface area (Å²) in [6.45, 7) is 5.95. The lowest BCUT2D eigenvalue weighted by atomic mass is 10.1. The maximum Gasteiger partial charge on any atom is 0.407 e. The second kappa shape index (κ2) is 18.9. The van der Waals surface area contributed by atoms with Crippen molar-refractivity contribution in [1.82, 2.24) is 20.0 Å². The van der Waals surface area contributed by atoms with Gasteiger partial charge in [0, 0.05) is 49.3 Å². The van der Waals surface area contributed by atoms with E-state index in [1.807, 2.05) is 84.9 Å². The molecule has 0 aliphatic carbocycles. The smallest absolute Gasteiger partial charge is 0.407 e. The quantitative estimate of drug-likeness (QED) is 0.0965. The number of nitrogens with zero attached hydrogens (tertiary/aromatic N) is 3. The highest BCUT2D eigenvalue weighted by Gasteiger charge is 2.29. The van der Waals surface area contributed by atoms with Gasteiger partial charge in [-0.25, -0.2) is 4.79 Å². The van der Waals surface area contributed by atoms with Gasteiger partial charge in [-0.05, 0) is 47.2 Å². The van der Waals surface area contributed by atoms with Gasteiger partial charge in [-0.3, -0.25) is 14.5 Å². The van der Waals surface area contributed by atoms with E-state index in [2.05, 4.69) is 20.7 Å². The Bertz CT molecular complexity index is 1280. The SMILES string of the molecule is O=NC(=O)[C@@H](CCNC(=O)OCc1ccccc1)N(OCCOCCN1CCNCC1)Sc1ccc(-c2ccccc2)cc1. The molecule has 0 spiro atoms. The van der Waals surface area contributed by atoms with Gasteiger partial charge in [0.2, 0.25) is 0 Å². The van der Waals surface area contributed by atoms with Gasteiger partial charge >= 0.3 is 12.0 Å². The molecule has 2 amide bonds. The fourth-order valence-corrected chi connectivity index (χ4v) is 5.42. The summed E-state index contributed by atoms with van der Waals surface area (Å²) in [6, 6.07) is 26.0. The Morgan fingerprint density at radius 3 is 2.30 bits per heavy atom. The standard InChI is InChI=1S/C32H39N5O6S/c38-31(35-40)30(15-16-34-32(39)42-25-26-7-3-1-4-8-26)37(43-24-23-41-22-21-36-19-17-33-18-20-36)44-29-13-11-28(12-14-29)27-9-5-2-6-10-27/h1-14,30,33H,15-25H2,(H,34,39)/t30-/m1/s1. The van der Waals surface area contributed by atoms with E-state index in [1.54, 1.807) is 0 Å². The second-order valence-corrected chi connectivity index (χ2v) is 11.0. The summed E-state index contributed by atoms with van der Waals surface area (Å²) in [5.74, 6) is -0.905. The van der Waals surface area contributed by atoms with Gasteiger partial charge in [0.05, 0.1) is 19.8 Å². The summed E-state index contributed by atoms with van der Waals surface area (Å²) in [5, 5.41) is 8.65. The van der Waals surface area contributed by atoms with Crippen molar-refractivity contribution in [3.63, 3.8) is 0 Å². The molecule has 2 N–H and O–H groups in total. The van der Waals surface area contributed by atoms with Crippen LogP contribution in [0.4, 0.5) is 4.79 Å². The molecule has 3 aromatic rings. The molecule has 0 saturated carbocycles. The molecule has 1 saturated heterocycles. The highest BCUT2D eigenvalue weighted by atomic mass is 32.2. The van der Waals surface area contributed by atoms with Crippen LogP contribution in [0.25, 0.3) is 11.1 Å². The number of amides is 2. The molecule has 11 nitrogen and oxygen atoms in total. The highest BCUT2D eigenvalue weighted by Crippen LogP contribution is 2.29. The number of hydroxylamine groups is 1. The fraction of sp³-hybridized carbons (Fsp3) is 0.375. The maximum absolute atomic E-state index is 12.7. The zero-order valence-corrected chi connectivity index (χ0v) is 25.5. The molecule has 1 heterocycles. The minimum absolute atomic E-state index is 0.0636. The van der Waals surface area contributed by atoms with Gasteiger partial charge < -0.3 is 20.1 Å². The van der Waals surface area contributed by atoms with E-state index in [4.69, 9.17) is 14.3 Å². The van der Waals surface area contributed by atoms with Crippen LogP contribution in [0.2, 0.25) is 0 Å². The number of hydrogen-bond donors (Lipinski definition) is 2. The Balaban J connectivity index is 1.34. The van der Waals surface area contributed by atoms with Crippen LogP contribution in [-0.2, 0) is 25.7 Å². The molecule has 1 aliphatic heterocycles. The summed E-state index contributed by atoms with van der Waals surface area (Å²) in [6.07, 6.45) is -0.558. The molecule has 3 aromatic carbocycles. The second-order valence-electron chi connectivity index (χ2n) is 10.0. The number of rotatable bonds is 17. The molecule has 234 valence electrons. The number of carbonyl (C=O) groups excluding carboxylic acids is 2. The largest absolute Gasteiger partial charge is 0.445 e. The van der Waals surface area contributed by atoms with Crippen LogP contribution in [0.15, 0.2) is 95.0 Å². The number of alkyl carbamates (subject to hydrolysis) is 1. The first-order valence-corrected chi connectivity index (χ1v) is 15.5. The van der Waals surface area contributed by atoms with Gasteiger partial charge in [0.1, 0.15) is 12.6 Å². The molecule has 0 bridgehead atoms. The molecule has 4 rings (SSSR count). The van der Waals surface area contributed by atoms with E-state index in [0.29, 0.717) is 13.2 Å². The molecule has 1 atom stereocenters. The van der Waals surface area contributed by atoms with Crippen LogP contribution in [0.5, 0.6) is 0 Å². The molecule has 0 radical (unpaired) electrons. The van der Waals surface area contributed by atoms with Crippen molar-refractivity contribution in [2.24, 2.45) is 5.18 Å². The van der Waals surface area contributed by atoms with Crippen LogP contribution < -0.4 is 10.6 Å². The van der Waals surface area contributed by atoms with Crippen LogP contribution in [0.3, 0.4) is 0 Å². The number of nitroso groups, excluding NO2 is 1. The zero-order chi connectivity index (χ0) is 30.8. The summed E-state index contributed by atoms with van der Waals surface area (Å²) in [4.78, 5) is 45.4. The van der Waals surface area contributed by atoms with E-state index < -0.39 is 18.0 Å². The van der Waals surface area contributed by atoms with Crippen molar-refractivity contribution < 1.29 is 23.9 Å². The Morgan fingerprint density at radius 1 is 0.909 bits per heavy atom. The number of hydrogen-bond acceptors (Lipinski definition) is 10. The number of nitrogens with one attached hydrogen (secondary N) is 2. The minimum atomic E-state index is -1.05. The average molecular weight is 622 g/mol. The third kappa shape index (κ3) is 11.5. The van der Waals surface area contributed by atoms with E-state index in [-0.39, 0.29) is 26.2 Å². The van der Waals surface area contributed by atoms with Gasteiger partial charge in [0.15, 0.2) is 0 Å². The third-order valence-corrected chi connectivity index (χ3v) is 7.92. The lowest BCUT2D eigenvalue weighted by Gasteiger charge is -2.28. The van der Waals surface area contributed by atoms with Crippen molar-refractivity contribution in [1.29, 1.82) is 0 Å². The van der Waals surface area contributed by atoms with E-state index in [0.717, 1.165) is 54.3 Å². The van der Waals surface area contributed by atoms with Crippen LogP contribution >= 0.6 is 11.9 Å². The number of carbonyl (C=O) groups is 2. The molecule has 1 fully saturated rings. The van der Waals surface area contributed by atoms with Gasteiger partial charge in [-0.15, -0.1) is 9.38 Å². The first-order chi connectivity index (χ1) is 21.6. The van der Waals surface area contributed by atoms with Gasteiger partial charge in [0.25, 0.3) is 0 Å². The molecule has 44 heavy (non-hydrogen) atoms. The molecule has 1 aliphatic rings. The number of piperazine rings is 1. The van der Waals surface area contributed by atoms with Crippen LogP contribution in [-0.4, -0.2) is 86.5 Å². The summed E-state index contributed by atoms with van der Waals surface area (Å²) >= 11 is 1.17. The van der Waals surface area contributed by atoms with Crippen LogP contribution in [0.1, 0.15) is 12.0 Å². The van der Waals surface area contributed by atoms with E-state index >= 15 is 0 Å². The van der Waals surface area contributed by atoms with Crippen LogP contribution in [0, 0.1) is 4.91 Å². The maximum atomic E-state index is 12.7. The van der Waals surface area contributed by atoms with Gasteiger partial charge in [-0.2, -0.15) is 0 Å². The molecular weight excluding hydrogens is 582 g/mol. The summed E-state index contributed by atoms with van der Waals surface area (Å²) in [5.41, 5.74) is 2.98. The van der Waals surface area contributed by atoms with Gasteiger partial charge in [-0.1, -0.05) is 72.8 Å². The Hall–Kier alpha value is -3.65. The Kier molecular flexibility index (Phi) is 14.3. The predicted molar refractivity (Wildman–Crippen MR) is 169 cm³/mol. The average Bonchev–Trinajstić information content (AvgIpc) is 3.08. The number of ether oxygens (including phenoxy) is 2. The van der Waals surface area contributed by atoms with Crippen molar-refractivity contribution >= 4 is 23.9 Å². The molecule has 12 heteroatoms. The minimum Gasteiger partial charge on any atom is -0.445 e. The first-order valence-electron chi connectivity index (χ1n) is 14.7. The fourth-order valence-electron chi connectivity index (χ4n) is 4.50. The summed E-state index contributed by atoms with van der Waals surface area (Å²) < 4.78 is 12.4. The Labute approximate surface area is 262 Å². The van der Waals surface area contributed by atoms with Crippen molar-refractivity contribution in [2.45, 2.75) is 24.0 Å². The first kappa shape index (κ1) is 33.2. The molecule has 0 aromatic heterocycles. The predicted octanol–water partition coefficient (Wildman–Crippen LogP) is 4.49. The topological polar surface area (TPSA) is 122 Å². The van der Waals surface area contributed by atoms with Crippen molar-refractivity contribution in [3.05, 3.63) is 95.4 Å². The molecule has 0 unspecified atom stereocenters. The van der Waals surface area contributed by atoms with E-state index in [1.165, 1.54) is 16.4 Å². The van der Waals surface area contributed by atoms with Crippen molar-refractivity contribution in [3.8, 4) is 11.1 Å². The highest BCUT2D eigenvalue weighted by molar-refractivity contribution is 7.97. The summed E-state index contributed by atoms with van der Waals surface area (Å²) in [7, 11) is 0. The lowest BCUT2D eigenvalue weighted by Crippen LogP contribution is -2.44. The Morgan fingerprint density at radius 2 is 1.59 bits per heavy atom. The monoisotopic (exact) mass is 621 g/mol. The number of benzene rings is 3. The third-order valence-electron chi connectivity index (χ3n) is 6.89. The lowest BCUT2D eigenvalue weighted by molar-refractivity contribution is -0.146. The molecular formula is C32H39N5O6S. The van der Waals surface area contributed by atoms with Crippen molar-refractivity contribution in [2.75, 3.05) is 59.1 Å². The zero-order valence-electron chi connectivity index (χ0n) is 24.6. The van der Waals surface area contributed by atoms with E-state index in [9.17, 15) is 14.5 Å². The normalized spacial score (nSPS) is 14.2.